The average Bonchev–Trinajstić information content (AvgIpc) is 3.11. The number of carbonyl (C=O) groups is 3. The number of hydrogen-bond donors (Lipinski definition) is 2. The number of anilines is 1. The Morgan fingerprint density at radius 3 is 2.41 bits per heavy atom. The number of fused-ring (bicyclic) bond motifs is 1. The fourth-order valence-electron chi connectivity index (χ4n) is 3.30. The van der Waals surface area contributed by atoms with Crippen LogP contribution in [0.15, 0.2) is 59.5 Å². The fraction of sp³-hybridized carbons (Fsp3) is 0.250. The molecule has 0 amide bonds. The molecule has 1 aromatic heterocycles. The molecule has 2 aliphatic rings. The smallest absolute Gasteiger partial charge is 0.351 e. The number of esters is 3. The molecule has 0 aliphatic carbocycles. The molecule has 0 spiro atoms. The van der Waals surface area contributed by atoms with Gasteiger partial charge in [-0.3, -0.25) is 15.3 Å². The molecule has 32 heavy (non-hydrogen) atoms. The second kappa shape index (κ2) is 8.99. The van der Waals surface area contributed by atoms with Gasteiger partial charge in [0.25, 0.3) is 0 Å². The third-order valence-electron chi connectivity index (χ3n) is 4.75. The summed E-state index contributed by atoms with van der Waals surface area (Å²) < 4.78 is 22.8. The van der Waals surface area contributed by atoms with Gasteiger partial charge in [0.15, 0.2) is 24.3 Å². The van der Waals surface area contributed by atoms with Crippen LogP contribution in [0, 0.1) is 0 Å². The van der Waals surface area contributed by atoms with Crippen molar-refractivity contribution in [2.24, 2.45) is 0 Å². The molecular weight excluding hydrogens is 426 g/mol. The number of benzene rings is 1. The lowest BCUT2D eigenvalue weighted by atomic mass is 10.1. The number of ether oxygens (including phenoxy) is 4. The van der Waals surface area contributed by atoms with E-state index in [1.54, 1.807) is 35.8 Å². The van der Waals surface area contributed by atoms with Gasteiger partial charge in [0, 0.05) is 18.3 Å². The fourth-order valence-corrected chi connectivity index (χ4v) is 3.30. The summed E-state index contributed by atoms with van der Waals surface area (Å²) in [5.41, 5.74) is 1.21. The van der Waals surface area contributed by atoms with E-state index in [9.17, 15) is 19.2 Å². The minimum absolute atomic E-state index is 0.113. The van der Waals surface area contributed by atoms with E-state index in [2.05, 4.69) is 4.98 Å². The normalized spacial score (nSPS) is 25.5. The number of nitrogens with zero attached hydrogens (tertiary/aromatic N) is 2. The highest BCUT2D eigenvalue weighted by Gasteiger charge is 2.51. The van der Waals surface area contributed by atoms with Crippen molar-refractivity contribution in [3.05, 3.63) is 70.8 Å². The SMILES string of the molecule is O=C1/C=C\C(=O)O[C@@H]2C(COC(=O)c3ccccc3)O[C@@H](n3ccc(NO)nc3=O)[C@@H]2O1. The first-order valence-electron chi connectivity index (χ1n) is 9.42. The minimum atomic E-state index is -1.24. The first kappa shape index (κ1) is 21.2. The molecule has 4 atom stereocenters. The summed E-state index contributed by atoms with van der Waals surface area (Å²) >= 11 is 0. The zero-order chi connectivity index (χ0) is 22.7. The zero-order valence-electron chi connectivity index (χ0n) is 16.3. The average molecular weight is 443 g/mol. The molecule has 2 aromatic rings. The van der Waals surface area contributed by atoms with Crippen molar-refractivity contribution in [3.63, 3.8) is 0 Å². The maximum absolute atomic E-state index is 12.4. The Hall–Kier alpha value is -4.03. The van der Waals surface area contributed by atoms with Gasteiger partial charge in [-0.2, -0.15) is 4.98 Å². The second-order valence-corrected chi connectivity index (χ2v) is 6.78. The van der Waals surface area contributed by atoms with Gasteiger partial charge >= 0.3 is 23.6 Å². The van der Waals surface area contributed by atoms with Crippen molar-refractivity contribution in [3.8, 4) is 0 Å². The van der Waals surface area contributed by atoms with Crippen molar-refractivity contribution < 1.29 is 38.5 Å². The monoisotopic (exact) mass is 443 g/mol. The molecule has 0 bridgehead atoms. The van der Waals surface area contributed by atoms with E-state index in [4.69, 9.17) is 24.2 Å². The lowest BCUT2D eigenvalue weighted by Gasteiger charge is -2.25. The number of nitrogens with one attached hydrogen (secondary N) is 1. The van der Waals surface area contributed by atoms with Gasteiger partial charge in [0.2, 0.25) is 0 Å². The van der Waals surface area contributed by atoms with Crippen molar-refractivity contribution in [2.45, 2.75) is 24.5 Å². The summed E-state index contributed by atoms with van der Waals surface area (Å²) in [6, 6.07) is 9.48. The Morgan fingerprint density at radius 1 is 1.06 bits per heavy atom. The first-order valence-corrected chi connectivity index (χ1v) is 9.42. The molecule has 12 nitrogen and oxygen atoms in total. The topological polar surface area (TPSA) is 155 Å². The predicted molar refractivity (Wildman–Crippen MR) is 103 cm³/mol. The van der Waals surface area contributed by atoms with Gasteiger partial charge in [-0.05, 0) is 18.2 Å². The standard InChI is InChI=1S/C20H17N3O9/c24-14-6-7-15(25)32-17-16(31-14)12(10-29-19(26)11-4-2-1-3-5-11)30-18(17)23-9-8-13(22-28)21-20(23)27/h1-9,12,16-18,28H,10H2,(H,21,22,27)/b7-6-/t12?,16-,17-,18-/m1/s1. The zero-order valence-corrected chi connectivity index (χ0v) is 16.3. The van der Waals surface area contributed by atoms with Crippen LogP contribution in [0.4, 0.5) is 5.82 Å². The molecule has 1 saturated heterocycles. The summed E-state index contributed by atoms with van der Waals surface area (Å²) in [5, 5.41) is 8.92. The lowest BCUT2D eigenvalue weighted by molar-refractivity contribution is -0.164. The van der Waals surface area contributed by atoms with E-state index in [1.807, 2.05) is 0 Å². The van der Waals surface area contributed by atoms with Gasteiger partial charge in [0.05, 0.1) is 5.56 Å². The Kier molecular flexibility index (Phi) is 5.96. The van der Waals surface area contributed by atoms with E-state index < -0.39 is 48.1 Å². The molecule has 12 heteroatoms. The highest BCUT2D eigenvalue weighted by Crippen LogP contribution is 2.34. The van der Waals surface area contributed by atoms with Gasteiger partial charge in [-0.1, -0.05) is 18.2 Å². The van der Waals surface area contributed by atoms with Crippen LogP contribution in [-0.2, 0) is 28.5 Å². The molecule has 2 N–H and O–H groups in total. The number of hydrogen-bond acceptors (Lipinski definition) is 11. The van der Waals surface area contributed by atoms with Crippen molar-refractivity contribution in [1.82, 2.24) is 9.55 Å². The largest absolute Gasteiger partial charge is 0.459 e. The van der Waals surface area contributed by atoms with Crippen molar-refractivity contribution >= 4 is 23.7 Å². The van der Waals surface area contributed by atoms with Crippen LogP contribution in [-0.4, -0.2) is 57.6 Å². The van der Waals surface area contributed by atoms with Crippen molar-refractivity contribution in [1.29, 1.82) is 0 Å². The molecule has 4 rings (SSSR count). The first-order chi connectivity index (χ1) is 15.5. The summed E-state index contributed by atoms with van der Waals surface area (Å²) in [7, 11) is 0. The Balaban J connectivity index is 1.61. The molecule has 0 radical (unpaired) electrons. The minimum Gasteiger partial charge on any atom is -0.459 e. The third-order valence-corrected chi connectivity index (χ3v) is 4.75. The highest BCUT2D eigenvalue weighted by molar-refractivity contribution is 5.92. The molecule has 3 heterocycles. The molecule has 2 aliphatic heterocycles. The van der Waals surface area contributed by atoms with E-state index in [1.165, 1.54) is 12.3 Å². The van der Waals surface area contributed by atoms with Crippen LogP contribution < -0.4 is 11.2 Å². The van der Waals surface area contributed by atoms with E-state index in [-0.39, 0.29) is 12.4 Å². The predicted octanol–water partition coefficient (Wildman–Crippen LogP) is 0.192. The Morgan fingerprint density at radius 2 is 1.75 bits per heavy atom. The van der Waals surface area contributed by atoms with Gasteiger partial charge in [-0.25, -0.2) is 19.2 Å². The van der Waals surface area contributed by atoms with Crippen LogP contribution in [0.25, 0.3) is 0 Å². The van der Waals surface area contributed by atoms with Crippen LogP contribution in [0.3, 0.4) is 0 Å². The number of rotatable bonds is 5. The highest BCUT2D eigenvalue weighted by atomic mass is 16.7. The molecule has 1 unspecified atom stereocenters. The summed E-state index contributed by atoms with van der Waals surface area (Å²) in [6.07, 6.45) is -1.67. The Labute approximate surface area is 179 Å². The van der Waals surface area contributed by atoms with E-state index in [0.29, 0.717) is 5.56 Å². The molecular formula is C20H17N3O9. The molecule has 166 valence electrons. The van der Waals surface area contributed by atoms with Crippen LogP contribution in [0.2, 0.25) is 0 Å². The maximum atomic E-state index is 12.4. The molecule has 0 saturated carbocycles. The third kappa shape index (κ3) is 4.36. The molecule has 1 aromatic carbocycles. The lowest BCUT2D eigenvalue weighted by Crippen LogP contribution is -2.43. The summed E-state index contributed by atoms with van der Waals surface area (Å²) in [6.45, 7) is -0.349. The number of aromatic nitrogens is 2. The van der Waals surface area contributed by atoms with Crippen LogP contribution >= 0.6 is 0 Å². The van der Waals surface area contributed by atoms with Gasteiger partial charge in [-0.15, -0.1) is 0 Å². The quantitative estimate of drug-likeness (QED) is 0.370. The molecule has 1 fully saturated rings. The second-order valence-electron chi connectivity index (χ2n) is 6.78. The van der Waals surface area contributed by atoms with Crippen LogP contribution in [0.1, 0.15) is 16.6 Å². The summed E-state index contributed by atoms with van der Waals surface area (Å²) in [5.74, 6) is -2.42. The van der Waals surface area contributed by atoms with Crippen molar-refractivity contribution in [2.75, 3.05) is 12.1 Å². The number of carbonyl (C=O) groups excluding carboxylic acids is 3. The van der Waals surface area contributed by atoms with Gasteiger partial charge in [0.1, 0.15) is 12.7 Å². The Bertz CT molecular complexity index is 1110. The maximum Gasteiger partial charge on any atom is 0.351 e. The summed E-state index contributed by atoms with van der Waals surface area (Å²) in [4.78, 5) is 52.4. The van der Waals surface area contributed by atoms with Gasteiger partial charge < -0.3 is 18.9 Å². The van der Waals surface area contributed by atoms with E-state index >= 15 is 0 Å². The van der Waals surface area contributed by atoms with Crippen LogP contribution in [0.5, 0.6) is 0 Å². The van der Waals surface area contributed by atoms with E-state index in [0.717, 1.165) is 16.7 Å².